The van der Waals surface area contributed by atoms with Gasteiger partial charge in [0.15, 0.2) is 12.2 Å². The van der Waals surface area contributed by atoms with Gasteiger partial charge in [-0.05, 0) is 141 Å². The van der Waals surface area contributed by atoms with Crippen LogP contribution in [0.4, 0.5) is 0 Å². The molecule has 17 nitrogen and oxygen atoms in total. The molecule has 0 amide bonds. The first-order chi connectivity index (χ1) is 48.7. The molecule has 19 heteroatoms. The van der Waals surface area contributed by atoms with Gasteiger partial charge in [0.05, 0.1) is 26.4 Å². The molecule has 0 aromatic heterocycles. The third-order valence-electron chi connectivity index (χ3n) is 16.5. The van der Waals surface area contributed by atoms with Crippen LogP contribution in [-0.2, 0) is 65.4 Å². The molecule has 0 heterocycles. The molecule has 0 spiro atoms. The van der Waals surface area contributed by atoms with E-state index in [2.05, 4.69) is 113 Å². The van der Waals surface area contributed by atoms with Gasteiger partial charge in [0.1, 0.15) is 19.3 Å². The van der Waals surface area contributed by atoms with Gasteiger partial charge in [-0.15, -0.1) is 0 Å². The molecule has 0 radical (unpaired) electrons. The number of ether oxygens (including phenoxy) is 4. The lowest BCUT2D eigenvalue weighted by Gasteiger charge is -2.21. The molecule has 0 aromatic rings. The lowest BCUT2D eigenvalue weighted by Crippen LogP contribution is -2.30. The third-order valence-corrected chi connectivity index (χ3v) is 18.4. The van der Waals surface area contributed by atoms with Crippen LogP contribution in [-0.4, -0.2) is 96.7 Å². The number of esters is 4. The molecule has 0 rings (SSSR count). The zero-order valence-electron chi connectivity index (χ0n) is 63.1. The van der Waals surface area contributed by atoms with Crippen molar-refractivity contribution in [3.63, 3.8) is 0 Å². The highest BCUT2D eigenvalue weighted by Crippen LogP contribution is 2.45. The number of rotatable bonds is 74. The molecule has 0 aliphatic heterocycles. The van der Waals surface area contributed by atoms with Crippen molar-refractivity contribution in [2.45, 2.75) is 354 Å². The second-order valence-corrected chi connectivity index (χ2v) is 29.2. The molecule has 0 bridgehead atoms. The molecule has 0 saturated carbocycles. The fourth-order valence-corrected chi connectivity index (χ4v) is 12.0. The second kappa shape index (κ2) is 73.3. The smallest absolute Gasteiger partial charge is 0.462 e. The van der Waals surface area contributed by atoms with Crippen LogP contribution >= 0.6 is 15.6 Å². The van der Waals surface area contributed by atoms with Gasteiger partial charge >= 0.3 is 39.5 Å². The van der Waals surface area contributed by atoms with Crippen LogP contribution in [0, 0.1) is 0 Å². The van der Waals surface area contributed by atoms with E-state index in [4.69, 9.17) is 37.0 Å². The summed E-state index contributed by atoms with van der Waals surface area (Å²) >= 11 is 0. The van der Waals surface area contributed by atoms with Gasteiger partial charge in [-0.25, -0.2) is 9.13 Å². The number of hydrogen-bond acceptors (Lipinski definition) is 15. The number of phosphoric acid groups is 2. The van der Waals surface area contributed by atoms with Crippen LogP contribution in [0.1, 0.15) is 336 Å². The molecule has 0 aromatic carbocycles. The summed E-state index contributed by atoms with van der Waals surface area (Å²) in [4.78, 5) is 72.9. The summed E-state index contributed by atoms with van der Waals surface area (Å²) in [5.41, 5.74) is 0. The van der Waals surface area contributed by atoms with E-state index in [1.807, 2.05) is 12.2 Å². The van der Waals surface area contributed by atoms with Crippen molar-refractivity contribution in [2.75, 3.05) is 39.6 Å². The maximum Gasteiger partial charge on any atom is 0.472 e. The summed E-state index contributed by atoms with van der Waals surface area (Å²) in [6, 6.07) is 0. The van der Waals surface area contributed by atoms with Gasteiger partial charge in [-0.2, -0.15) is 0 Å². The molecule has 0 aliphatic rings. The molecule has 5 atom stereocenters. The van der Waals surface area contributed by atoms with E-state index in [1.54, 1.807) is 0 Å². The summed E-state index contributed by atoms with van der Waals surface area (Å²) in [5, 5.41) is 10.6. The standard InChI is InChI=1S/C81H142O17P2/c1-5-9-13-17-21-25-29-33-36-37-40-44-48-52-56-60-64-68-81(86)98-77(72-92-79(84)66-62-58-54-50-46-42-38-34-30-26-22-18-14-10-6-2)74-96-100(89,90)94-70-75(82)69-93-99(87,88)95-73-76(71-91-78(83)65-61-57-53-49-45-41-32-28-24-20-16-12-8-4)97-80(85)67-63-59-55-51-47-43-39-35-31-27-23-19-15-11-7-3/h21,25-26,28,30,32-36,38-40,44,52,56,75-77,82H,5-20,22-24,27,29,31,37,41-43,45-51,53-55,57-74H2,1-4H3,(H,87,88)(H,89,90)/b25-21-,30-26-,32-28-,36-33-,38-34-,39-35-,44-40-,56-52-/t75-,76-,77-/m1/s1. The number of phosphoric ester groups is 2. The molecule has 578 valence electrons. The Labute approximate surface area is 607 Å². The van der Waals surface area contributed by atoms with E-state index < -0.39 is 97.5 Å². The van der Waals surface area contributed by atoms with Crippen LogP contribution in [0.25, 0.3) is 0 Å². The van der Waals surface area contributed by atoms with E-state index >= 15 is 0 Å². The lowest BCUT2D eigenvalue weighted by atomic mass is 10.1. The van der Waals surface area contributed by atoms with Crippen LogP contribution in [0.3, 0.4) is 0 Å². The fraction of sp³-hybridized carbons (Fsp3) is 0.753. The minimum Gasteiger partial charge on any atom is -0.462 e. The minimum atomic E-state index is -4.99. The van der Waals surface area contributed by atoms with E-state index in [9.17, 15) is 43.2 Å². The monoisotopic (exact) mass is 1450 g/mol. The zero-order chi connectivity index (χ0) is 73.2. The van der Waals surface area contributed by atoms with E-state index in [0.29, 0.717) is 32.1 Å². The third kappa shape index (κ3) is 72.3. The highest BCUT2D eigenvalue weighted by Gasteiger charge is 2.30. The van der Waals surface area contributed by atoms with Gasteiger partial charge in [0.2, 0.25) is 0 Å². The van der Waals surface area contributed by atoms with Crippen LogP contribution in [0.5, 0.6) is 0 Å². The summed E-state index contributed by atoms with van der Waals surface area (Å²) < 4.78 is 68.5. The lowest BCUT2D eigenvalue weighted by molar-refractivity contribution is -0.161. The average molecular weight is 1450 g/mol. The predicted molar refractivity (Wildman–Crippen MR) is 409 cm³/mol. The van der Waals surface area contributed by atoms with E-state index in [0.717, 1.165) is 141 Å². The number of carbonyl (C=O) groups excluding carboxylic acids is 4. The molecule has 2 unspecified atom stereocenters. The van der Waals surface area contributed by atoms with Crippen molar-refractivity contribution in [3.8, 4) is 0 Å². The summed E-state index contributed by atoms with van der Waals surface area (Å²) in [6.07, 6.45) is 76.8. The van der Waals surface area contributed by atoms with Crippen molar-refractivity contribution in [2.24, 2.45) is 0 Å². The van der Waals surface area contributed by atoms with Crippen LogP contribution < -0.4 is 0 Å². The van der Waals surface area contributed by atoms with Crippen molar-refractivity contribution in [1.29, 1.82) is 0 Å². The van der Waals surface area contributed by atoms with E-state index in [1.165, 1.54) is 109 Å². The van der Waals surface area contributed by atoms with Crippen LogP contribution in [0.15, 0.2) is 97.2 Å². The molecule has 0 fully saturated rings. The largest absolute Gasteiger partial charge is 0.472 e. The Bertz CT molecular complexity index is 2270. The molecular weight excluding hydrogens is 1310 g/mol. The van der Waals surface area contributed by atoms with Gasteiger partial charge < -0.3 is 33.8 Å². The number of hydrogen-bond donors (Lipinski definition) is 3. The molecular formula is C81H142O17P2. The molecule has 0 saturated heterocycles. The fourth-order valence-electron chi connectivity index (χ4n) is 10.4. The van der Waals surface area contributed by atoms with Crippen molar-refractivity contribution in [1.82, 2.24) is 0 Å². The number of aliphatic hydroxyl groups is 1. The Kier molecular flexibility index (Phi) is 70.4. The maximum atomic E-state index is 13.1. The Morgan fingerprint density at radius 3 is 0.890 bits per heavy atom. The molecule has 3 N–H and O–H groups in total. The van der Waals surface area contributed by atoms with Crippen molar-refractivity contribution in [3.05, 3.63) is 97.2 Å². The highest BCUT2D eigenvalue weighted by atomic mass is 31.2. The number of aliphatic hydroxyl groups excluding tert-OH is 1. The Hall–Kier alpha value is -4.02. The van der Waals surface area contributed by atoms with E-state index in [-0.39, 0.29) is 25.7 Å². The maximum absolute atomic E-state index is 13.1. The molecule has 0 aliphatic carbocycles. The topological polar surface area (TPSA) is 237 Å². The minimum absolute atomic E-state index is 0.0155. The van der Waals surface area contributed by atoms with Crippen LogP contribution in [0.2, 0.25) is 0 Å². The average Bonchev–Trinajstić information content (AvgIpc) is 1.22. The van der Waals surface area contributed by atoms with Gasteiger partial charge in [0, 0.05) is 25.7 Å². The summed E-state index contributed by atoms with van der Waals surface area (Å²) in [5.74, 6) is -2.26. The Morgan fingerprint density at radius 1 is 0.290 bits per heavy atom. The normalized spacial score (nSPS) is 14.4. The first kappa shape index (κ1) is 96.0. The van der Waals surface area contributed by atoms with Crippen molar-refractivity contribution >= 4 is 39.5 Å². The highest BCUT2D eigenvalue weighted by molar-refractivity contribution is 7.47. The number of unbranched alkanes of at least 4 members (excludes halogenated alkanes) is 33. The van der Waals surface area contributed by atoms with Crippen molar-refractivity contribution < 1.29 is 80.2 Å². The SMILES string of the molecule is CCCCC/C=C\C/C=C\C/C=C\C/C=C\CCCC(=O)O[C@H](COC(=O)CCCCCCC/C=C\C=C/CCCCCC)COP(=O)(O)OC[C@H](O)COP(=O)(O)OC[C@@H](COC(=O)CCCCCCC/C=C\CCCCCC)OC(=O)CCCCCCC/C=C\CCCCCCCC. The van der Waals surface area contributed by atoms with Gasteiger partial charge in [-0.1, -0.05) is 266 Å². The quantitative estimate of drug-likeness (QED) is 0.0128. The first-order valence-electron chi connectivity index (χ1n) is 39.5. The second-order valence-electron chi connectivity index (χ2n) is 26.3. The van der Waals surface area contributed by atoms with Gasteiger partial charge in [-0.3, -0.25) is 37.3 Å². The zero-order valence-corrected chi connectivity index (χ0v) is 64.9. The Balaban J connectivity index is 5.42. The predicted octanol–water partition coefficient (Wildman–Crippen LogP) is 22.8. The number of carbonyl (C=O) groups is 4. The Morgan fingerprint density at radius 2 is 0.530 bits per heavy atom. The molecule has 100 heavy (non-hydrogen) atoms. The summed E-state index contributed by atoms with van der Waals surface area (Å²) in [7, 11) is -9.97. The number of allylic oxidation sites excluding steroid dienone is 16. The first-order valence-corrected chi connectivity index (χ1v) is 42.5. The summed E-state index contributed by atoms with van der Waals surface area (Å²) in [6.45, 7) is 4.73. The van der Waals surface area contributed by atoms with Gasteiger partial charge in [0.25, 0.3) is 0 Å².